The summed E-state index contributed by atoms with van der Waals surface area (Å²) in [6.07, 6.45) is -10.1. The Hall–Kier alpha value is -2.80. The fraction of sp³-hybridized carbons (Fsp3) is 0.429. The van der Waals surface area contributed by atoms with Crippen LogP contribution in [0.5, 0.6) is 28.7 Å². The number of rotatable bonds is 3. The monoisotopic (exact) mass is 452 g/mol. The Bertz CT molecular complexity index is 1010. The van der Waals surface area contributed by atoms with Gasteiger partial charge < -0.3 is 55.4 Å². The van der Waals surface area contributed by atoms with Crippen LogP contribution in [0.15, 0.2) is 24.3 Å². The molecule has 11 heteroatoms. The number of hydrogen-bond acceptors (Lipinski definition) is 11. The molecule has 1 fully saturated rings. The van der Waals surface area contributed by atoms with Crippen LogP contribution >= 0.6 is 0 Å². The molecule has 4 rings (SSSR count). The summed E-state index contributed by atoms with van der Waals surface area (Å²) in [7, 11) is 0. The highest BCUT2D eigenvalue weighted by atomic mass is 16.5. The van der Waals surface area contributed by atoms with Gasteiger partial charge in [0.15, 0.2) is 11.5 Å². The molecule has 2 heterocycles. The number of phenolic OH excluding ortho intramolecular Hbond substituents is 4. The highest BCUT2D eigenvalue weighted by Gasteiger charge is 2.46. The van der Waals surface area contributed by atoms with Crippen molar-refractivity contribution < 1.29 is 55.4 Å². The maximum atomic E-state index is 10.8. The SMILES string of the molecule is OC[C@H]1O[C@@H](c2c(O)cc3c(c2O)C[C@H](O)[C@@H](c2ccc(O)c(O)c2)O3)[C@H](O)[C@@H](O)[C@@H]1O. The van der Waals surface area contributed by atoms with Gasteiger partial charge in [0.25, 0.3) is 0 Å². The lowest BCUT2D eigenvalue weighted by molar-refractivity contribution is -0.232. The maximum Gasteiger partial charge on any atom is 0.157 e. The lowest BCUT2D eigenvalue weighted by atomic mass is 9.87. The van der Waals surface area contributed by atoms with Gasteiger partial charge in [0, 0.05) is 18.1 Å². The van der Waals surface area contributed by atoms with Crippen molar-refractivity contribution in [3.05, 3.63) is 41.0 Å². The van der Waals surface area contributed by atoms with Crippen molar-refractivity contribution in [1.82, 2.24) is 0 Å². The number of aliphatic hydroxyl groups excluding tert-OH is 5. The minimum Gasteiger partial charge on any atom is -0.507 e. The third-order valence-electron chi connectivity index (χ3n) is 5.90. The average Bonchev–Trinajstić information content (AvgIpc) is 2.76. The van der Waals surface area contributed by atoms with E-state index in [0.29, 0.717) is 5.56 Å². The minimum atomic E-state index is -1.73. The van der Waals surface area contributed by atoms with Gasteiger partial charge in [0.2, 0.25) is 0 Å². The molecule has 0 spiro atoms. The molecular weight excluding hydrogens is 428 g/mol. The Morgan fingerprint density at radius 2 is 1.53 bits per heavy atom. The largest absolute Gasteiger partial charge is 0.507 e. The lowest BCUT2D eigenvalue weighted by Gasteiger charge is -2.41. The molecule has 2 aliphatic rings. The molecule has 11 nitrogen and oxygen atoms in total. The van der Waals surface area contributed by atoms with Gasteiger partial charge in [-0.15, -0.1) is 0 Å². The minimum absolute atomic E-state index is 0.0243. The standard InChI is InChI=1S/C21H24O11/c22-6-14-17(28)18(29)19(30)21(32-14)15-11(25)5-13-8(16(15)27)4-12(26)20(31-13)7-1-2-9(23)10(24)3-7/h1-3,5,12,14,17-30H,4,6H2/t12-,14+,17+,18-,19+,20+,21-/m0/s1. The second kappa shape index (κ2) is 8.28. The summed E-state index contributed by atoms with van der Waals surface area (Å²) < 4.78 is 11.2. The molecule has 0 aliphatic carbocycles. The van der Waals surface area contributed by atoms with Crippen molar-refractivity contribution in [3.63, 3.8) is 0 Å². The number of ether oxygens (including phenoxy) is 2. The van der Waals surface area contributed by atoms with E-state index in [1.165, 1.54) is 18.2 Å². The molecule has 0 radical (unpaired) electrons. The molecule has 7 atom stereocenters. The molecular formula is C21H24O11. The summed E-state index contributed by atoms with van der Waals surface area (Å²) in [5.41, 5.74) is 0.147. The zero-order valence-electron chi connectivity index (χ0n) is 16.6. The van der Waals surface area contributed by atoms with Crippen LogP contribution in [-0.2, 0) is 11.2 Å². The van der Waals surface area contributed by atoms with E-state index in [0.717, 1.165) is 6.07 Å². The first kappa shape index (κ1) is 22.4. The molecule has 2 aliphatic heterocycles. The van der Waals surface area contributed by atoms with Crippen LogP contribution in [0, 0.1) is 0 Å². The predicted octanol–water partition coefficient (Wildman–Crippen LogP) is -0.939. The van der Waals surface area contributed by atoms with E-state index in [1.807, 2.05) is 0 Å². The van der Waals surface area contributed by atoms with Crippen LogP contribution < -0.4 is 4.74 Å². The second-order valence-electron chi connectivity index (χ2n) is 7.94. The van der Waals surface area contributed by atoms with Crippen LogP contribution in [0.3, 0.4) is 0 Å². The normalized spacial score (nSPS) is 32.2. The van der Waals surface area contributed by atoms with Crippen LogP contribution in [0.25, 0.3) is 0 Å². The molecule has 1 saturated heterocycles. The van der Waals surface area contributed by atoms with Crippen LogP contribution in [0.2, 0.25) is 0 Å². The number of aromatic hydroxyl groups is 4. The van der Waals surface area contributed by atoms with E-state index in [4.69, 9.17) is 9.47 Å². The van der Waals surface area contributed by atoms with Gasteiger partial charge in [-0.2, -0.15) is 0 Å². The number of aliphatic hydroxyl groups is 5. The van der Waals surface area contributed by atoms with Crippen LogP contribution in [-0.4, -0.2) is 83.1 Å². The van der Waals surface area contributed by atoms with E-state index >= 15 is 0 Å². The Labute approximate surface area is 181 Å². The summed E-state index contributed by atoms with van der Waals surface area (Å²) >= 11 is 0. The number of fused-ring (bicyclic) bond motifs is 1. The summed E-state index contributed by atoms with van der Waals surface area (Å²) in [5.74, 6) is -1.83. The summed E-state index contributed by atoms with van der Waals surface area (Å²) in [6, 6.07) is 5.03. The number of phenols is 4. The fourth-order valence-corrected chi connectivity index (χ4v) is 4.15. The first-order chi connectivity index (χ1) is 15.1. The van der Waals surface area contributed by atoms with Crippen molar-refractivity contribution >= 4 is 0 Å². The second-order valence-corrected chi connectivity index (χ2v) is 7.94. The van der Waals surface area contributed by atoms with Crippen LogP contribution in [0.4, 0.5) is 0 Å². The molecule has 0 unspecified atom stereocenters. The lowest BCUT2D eigenvalue weighted by Crippen LogP contribution is -2.55. The highest BCUT2D eigenvalue weighted by molar-refractivity contribution is 5.59. The van der Waals surface area contributed by atoms with E-state index in [1.54, 1.807) is 0 Å². The zero-order valence-corrected chi connectivity index (χ0v) is 16.6. The van der Waals surface area contributed by atoms with Gasteiger partial charge in [-0.3, -0.25) is 0 Å². The molecule has 174 valence electrons. The first-order valence-corrected chi connectivity index (χ1v) is 9.88. The molecule has 2 aromatic rings. The number of hydrogen-bond donors (Lipinski definition) is 9. The molecule has 2 aromatic carbocycles. The summed E-state index contributed by atoms with van der Waals surface area (Å²) in [6.45, 7) is -0.684. The quantitative estimate of drug-likeness (QED) is 0.260. The van der Waals surface area contributed by atoms with Gasteiger partial charge in [-0.1, -0.05) is 6.07 Å². The molecule has 0 amide bonds. The van der Waals surface area contributed by atoms with Gasteiger partial charge in [-0.05, 0) is 17.7 Å². The van der Waals surface area contributed by atoms with Crippen molar-refractivity contribution in [1.29, 1.82) is 0 Å². The first-order valence-electron chi connectivity index (χ1n) is 9.88. The highest BCUT2D eigenvalue weighted by Crippen LogP contribution is 2.49. The Morgan fingerprint density at radius 1 is 0.812 bits per heavy atom. The molecule has 9 N–H and O–H groups in total. The Morgan fingerprint density at radius 3 is 2.19 bits per heavy atom. The Balaban J connectivity index is 1.70. The molecule has 0 bridgehead atoms. The van der Waals surface area contributed by atoms with Crippen molar-refractivity contribution in [2.75, 3.05) is 6.61 Å². The van der Waals surface area contributed by atoms with Crippen molar-refractivity contribution in [2.24, 2.45) is 0 Å². The van der Waals surface area contributed by atoms with E-state index in [-0.39, 0.29) is 29.0 Å². The fourth-order valence-electron chi connectivity index (χ4n) is 4.15. The van der Waals surface area contributed by atoms with E-state index in [9.17, 15) is 46.0 Å². The smallest absolute Gasteiger partial charge is 0.157 e. The topological polar surface area (TPSA) is 201 Å². The van der Waals surface area contributed by atoms with E-state index in [2.05, 4.69) is 0 Å². The summed E-state index contributed by atoms with van der Waals surface area (Å²) in [5, 5.41) is 90.9. The third-order valence-corrected chi connectivity index (χ3v) is 5.90. The predicted molar refractivity (Wildman–Crippen MR) is 105 cm³/mol. The summed E-state index contributed by atoms with van der Waals surface area (Å²) in [4.78, 5) is 0. The van der Waals surface area contributed by atoms with Crippen molar-refractivity contribution in [3.8, 4) is 28.7 Å². The van der Waals surface area contributed by atoms with Crippen LogP contribution in [0.1, 0.15) is 28.9 Å². The van der Waals surface area contributed by atoms with Gasteiger partial charge in [0.05, 0.1) is 18.3 Å². The average molecular weight is 452 g/mol. The molecule has 0 aromatic heterocycles. The van der Waals surface area contributed by atoms with Gasteiger partial charge in [0.1, 0.15) is 53.9 Å². The van der Waals surface area contributed by atoms with Gasteiger partial charge in [-0.25, -0.2) is 0 Å². The zero-order chi connectivity index (χ0) is 23.3. The molecule has 32 heavy (non-hydrogen) atoms. The van der Waals surface area contributed by atoms with E-state index < -0.39 is 66.6 Å². The maximum absolute atomic E-state index is 10.8. The Kier molecular flexibility index (Phi) is 5.79. The molecule has 0 saturated carbocycles. The number of benzene rings is 2. The van der Waals surface area contributed by atoms with Gasteiger partial charge >= 0.3 is 0 Å². The van der Waals surface area contributed by atoms with Crippen molar-refractivity contribution in [2.45, 2.75) is 49.1 Å². The third kappa shape index (κ3) is 3.58.